The highest BCUT2D eigenvalue weighted by Crippen LogP contribution is 2.49. The molecule has 11 aromatic rings. The van der Waals surface area contributed by atoms with Gasteiger partial charge < -0.3 is 13.6 Å². The normalized spacial score (nSPS) is 14.2. The summed E-state index contributed by atoms with van der Waals surface area (Å²) >= 11 is 0. The molecule has 0 radical (unpaired) electrons. The largest absolute Gasteiger partial charge is 0.375 e. The number of nitrogens with zero attached hydrogens (tertiary/aromatic N) is 3. The van der Waals surface area contributed by atoms with Crippen LogP contribution in [0.3, 0.4) is 0 Å². The maximum Gasteiger partial charge on any atom is 0.329 e. The zero-order valence-electron chi connectivity index (χ0n) is 48.6. The summed E-state index contributed by atoms with van der Waals surface area (Å²) in [6.07, 6.45) is 0. The average Bonchev–Trinajstić information content (AvgIpc) is 4.10. The number of benzene rings is 8. The number of aromatic nitrogens is 3. The van der Waals surface area contributed by atoms with Gasteiger partial charge in [0.15, 0.2) is 0 Å². The molecule has 5 heterocycles. The number of hydrogen-bond acceptors (Lipinski definition) is 0. The first-order valence-electron chi connectivity index (χ1n) is 28.1. The van der Waals surface area contributed by atoms with E-state index >= 15 is 0 Å². The van der Waals surface area contributed by atoms with Gasteiger partial charge >= 0.3 is 6.85 Å². The maximum atomic E-state index is 2.75. The second-order valence-electron chi connectivity index (χ2n) is 29.3. The lowest BCUT2D eigenvalue weighted by molar-refractivity contribution is 0.590. The predicted octanol–water partition coefficient (Wildman–Crippen LogP) is 18.4. The SMILES string of the molecule is CC(C)(C)c1cc2c3c(c1)c1cc(C(C)(C)C)cc4c1n3B(c1ccc(-n3c5ccc(C(C)(C)C)cc5c5cc(C(C)(C)C)ccc53)cc1-2)c1ccc(-n2c3ccc(C(C)(C)C)cc3c3cc(C(C)(C)C)ccc32)cc1-4. The minimum absolute atomic E-state index is 0.0160. The fourth-order valence-electron chi connectivity index (χ4n) is 13.1. The van der Waals surface area contributed by atoms with Gasteiger partial charge in [-0.2, -0.15) is 0 Å². The molecule has 0 aliphatic carbocycles. The van der Waals surface area contributed by atoms with E-state index in [0.717, 1.165) is 0 Å². The lowest BCUT2D eigenvalue weighted by Crippen LogP contribution is -2.53. The monoisotopic (exact) mass is 994 g/mol. The van der Waals surface area contributed by atoms with Crippen molar-refractivity contribution in [2.24, 2.45) is 0 Å². The van der Waals surface area contributed by atoms with Gasteiger partial charge in [-0.1, -0.05) is 161 Å². The van der Waals surface area contributed by atoms with Crippen molar-refractivity contribution in [3.63, 3.8) is 0 Å². The predicted molar refractivity (Wildman–Crippen MR) is 332 cm³/mol. The zero-order valence-corrected chi connectivity index (χ0v) is 48.6. The molecule has 0 unspecified atom stereocenters. The third-order valence-electron chi connectivity index (χ3n) is 17.7. The van der Waals surface area contributed by atoms with E-state index in [9.17, 15) is 0 Å². The smallest absolute Gasteiger partial charge is 0.329 e. The minimum Gasteiger partial charge on any atom is -0.375 e. The van der Waals surface area contributed by atoms with E-state index in [1.807, 2.05) is 0 Å². The quantitative estimate of drug-likeness (QED) is 0.153. The molecule has 0 atom stereocenters. The van der Waals surface area contributed by atoms with Gasteiger partial charge in [-0.3, -0.25) is 0 Å². The van der Waals surface area contributed by atoms with Crippen LogP contribution >= 0.6 is 0 Å². The van der Waals surface area contributed by atoms with E-state index in [0.29, 0.717) is 0 Å². The molecule has 0 amide bonds. The Labute approximate surface area is 452 Å². The Morgan fingerprint density at radius 2 is 0.539 bits per heavy atom. The highest BCUT2D eigenvalue weighted by atomic mass is 15.0. The summed E-state index contributed by atoms with van der Waals surface area (Å²) in [7, 11) is 0. The van der Waals surface area contributed by atoms with Gasteiger partial charge in [0.2, 0.25) is 0 Å². The summed E-state index contributed by atoms with van der Waals surface area (Å²) < 4.78 is 7.85. The number of fused-ring (bicyclic) bond motifs is 13. The standard InChI is InChI=1S/C72H76BN3/c1-67(2,3)41-19-27-61-51(31-41)52-32-42(68(4,5)6)20-28-62(52)74(61)47-23-25-59-49(39-47)55-35-45(71(13,14)15)37-57-58-38-46(72(16,17)18)36-56-50-40-48(24-26-60(50)73(59)76(65(55)57)66(56)58)75-63-29-21-43(69(7,8)9)33-53(63)54-34-44(70(10,11)12)22-30-64(54)75/h19-40H,1-18H3. The molecular formula is C72H76BN3. The van der Waals surface area contributed by atoms with Gasteiger partial charge in [0.1, 0.15) is 0 Å². The van der Waals surface area contributed by atoms with Gasteiger partial charge in [-0.25, -0.2) is 0 Å². The van der Waals surface area contributed by atoms with Gasteiger partial charge in [-0.05, 0) is 185 Å². The van der Waals surface area contributed by atoms with E-state index in [4.69, 9.17) is 0 Å². The van der Waals surface area contributed by atoms with Crippen LogP contribution in [0.5, 0.6) is 0 Å². The van der Waals surface area contributed by atoms with E-state index in [1.54, 1.807) is 0 Å². The van der Waals surface area contributed by atoms with Crippen LogP contribution in [0.15, 0.2) is 133 Å². The topological polar surface area (TPSA) is 14.8 Å². The first-order chi connectivity index (χ1) is 35.5. The van der Waals surface area contributed by atoms with E-state index in [2.05, 4.69) is 272 Å². The molecule has 76 heavy (non-hydrogen) atoms. The van der Waals surface area contributed by atoms with E-state index in [-0.39, 0.29) is 39.3 Å². The van der Waals surface area contributed by atoms with Crippen LogP contribution in [0, 0.1) is 0 Å². The third kappa shape index (κ3) is 7.14. The van der Waals surface area contributed by atoms with Crippen molar-refractivity contribution < 1.29 is 0 Å². The van der Waals surface area contributed by atoms with E-state index in [1.165, 1.54) is 143 Å². The summed E-state index contributed by atoms with van der Waals surface area (Å²) in [5.74, 6) is 0. The summed E-state index contributed by atoms with van der Waals surface area (Å²) in [6, 6.07) is 53.9. The molecule has 0 saturated carbocycles. The van der Waals surface area contributed by atoms with Crippen LogP contribution in [0.25, 0.3) is 99.0 Å². The molecule has 0 saturated heterocycles. The Hall–Kier alpha value is -6.78. The Bertz CT molecular complexity index is 3910. The molecule has 2 aliphatic rings. The summed E-state index contributed by atoms with van der Waals surface area (Å²) in [5.41, 5.74) is 26.2. The Morgan fingerprint density at radius 3 is 0.816 bits per heavy atom. The molecule has 0 bridgehead atoms. The Kier molecular flexibility index (Phi) is 9.93. The van der Waals surface area contributed by atoms with Crippen LogP contribution in [-0.2, 0) is 32.5 Å². The van der Waals surface area contributed by atoms with Gasteiger partial charge in [-0.15, -0.1) is 0 Å². The highest BCUT2D eigenvalue weighted by molar-refractivity contribution is 6.88. The Morgan fingerprint density at radius 1 is 0.263 bits per heavy atom. The van der Waals surface area contributed by atoms with Crippen LogP contribution in [0.4, 0.5) is 0 Å². The van der Waals surface area contributed by atoms with Crippen molar-refractivity contribution >= 4 is 83.2 Å². The number of rotatable bonds is 2. The Balaban J connectivity index is 1.11. The summed E-state index contributed by atoms with van der Waals surface area (Å²) in [6.45, 7) is 42.2. The lowest BCUT2D eigenvalue weighted by atomic mass is 9.45. The van der Waals surface area contributed by atoms with Crippen LogP contribution in [0.1, 0.15) is 158 Å². The van der Waals surface area contributed by atoms with Crippen molar-refractivity contribution in [1.29, 1.82) is 0 Å². The molecule has 8 aromatic carbocycles. The van der Waals surface area contributed by atoms with E-state index < -0.39 is 0 Å². The fraction of sp³-hybridized carbons (Fsp3) is 0.333. The summed E-state index contributed by atoms with van der Waals surface area (Å²) in [5, 5.41) is 7.97. The zero-order chi connectivity index (χ0) is 53.9. The molecule has 0 N–H and O–H groups in total. The molecule has 4 heteroatoms. The molecule has 3 aromatic heterocycles. The molecule has 2 aliphatic heterocycles. The summed E-state index contributed by atoms with van der Waals surface area (Å²) in [4.78, 5) is 0. The average molecular weight is 994 g/mol. The first kappa shape index (κ1) is 48.8. The van der Waals surface area contributed by atoms with Gasteiger partial charge in [0.05, 0.1) is 22.1 Å². The maximum absolute atomic E-state index is 2.75. The molecule has 0 spiro atoms. The molecule has 0 fully saturated rings. The van der Waals surface area contributed by atoms with Gasteiger partial charge in [0.25, 0.3) is 0 Å². The van der Waals surface area contributed by atoms with Crippen molar-refractivity contribution in [3.05, 3.63) is 167 Å². The highest BCUT2D eigenvalue weighted by Gasteiger charge is 2.41. The molecular weight excluding hydrogens is 918 g/mol. The second kappa shape index (κ2) is 15.5. The number of hydrogen-bond donors (Lipinski definition) is 0. The fourth-order valence-corrected chi connectivity index (χ4v) is 13.1. The molecule has 3 nitrogen and oxygen atoms in total. The van der Waals surface area contributed by atoms with Crippen LogP contribution in [-0.4, -0.2) is 20.5 Å². The first-order valence-corrected chi connectivity index (χ1v) is 28.1. The third-order valence-corrected chi connectivity index (χ3v) is 17.7. The molecule has 13 rings (SSSR count). The van der Waals surface area contributed by atoms with Crippen molar-refractivity contribution in [3.8, 4) is 33.6 Å². The van der Waals surface area contributed by atoms with Crippen LogP contribution < -0.4 is 10.9 Å². The van der Waals surface area contributed by atoms with Crippen LogP contribution in [0.2, 0.25) is 0 Å². The molecule has 382 valence electrons. The van der Waals surface area contributed by atoms with Gasteiger partial charge in [0, 0.05) is 65.9 Å². The second-order valence-corrected chi connectivity index (χ2v) is 29.3. The van der Waals surface area contributed by atoms with Crippen molar-refractivity contribution in [2.45, 2.75) is 157 Å². The lowest BCUT2D eigenvalue weighted by Gasteiger charge is -2.34. The van der Waals surface area contributed by atoms with Crippen molar-refractivity contribution in [2.75, 3.05) is 0 Å². The minimum atomic E-state index is -0.0673. The van der Waals surface area contributed by atoms with Crippen molar-refractivity contribution in [1.82, 2.24) is 13.6 Å².